The SMILES string of the molecule is Nc1ncnc2c1ncn2[C@@H]1O[C@H](COP(=O)(O)O)[C@H](O)C1O. The molecule has 1 saturated heterocycles. The first-order valence-corrected chi connectivity index (χ1v) is 7.95. The van der Waals surface area contributed by atoms with Crippen molar-refractivity contribution in [3.63, 3.8) is 0 Å². The molecular formula is C10H14N5O7P. The molecule has 6 N–H and O–H groups in total. The quantitative estimate of drug-likeness (QED) is 0.390. The van der Waals surface area contributed by atoms with Crippen LogP contribution in [-0.2, 0) is 13.8 Å². The molecule has 0 aliphatic carbocycles. The van der Waals surface area contributed by atoms with Gasteiger partial charge in [-0.15, -0.1) is 0 Å². The number of rotatable bonds is 4. The van der Waals surface area contributed by atoms with Crippen molar-refractivity contribution in [2.45, 2.75) is 24.5 Å². The van der Waals surface area contributed by atoms with E-state index in [-0.39, 0.29) is 11.5 Å². The fourth-order valence-corrected chi connectivity index (χ4v) is 2.66. The van der Waals surface area contributed by atoms with Gasteiger partial charge in [0.25, 0.3) is 0 Å². The largest absolute Gasteiger partial charge is 0.469 e. The Labute approximate surface area is 128 Å². The summed E-state index contributed by atoms with van der Waals surface area (Å²) in [4.78, 5) is 29.2. The molecule has 0 aromatic carbocycles. The molecule has 2 aromatic rings. The number of aliphatic hydroxyl groups excluding tert-OH is 2. The summed E-state index contributed by atoms with van der Waals surface area (Å²) in [6, 6.07) is 0. The summed E-state index contributed by atoms with van der Waals surface area (Å²) in [7, 11) is -4.72. The second-order valence-electron chi connectivity index (χ2n) is 4.92. The van der Waals surface area contributed by atoms with E-state index in [2.05, 4.69) is 19.5 Å². The number of nitrogens with two attached hydrogens (primary N) is 1. The summed E-state index contributed by atoms with van der Waals surface area (Å²) in [5, 5.41) is 20.1. The lowest BCUT2D eigenvalue weighted by atomic mass is 10.1. The minimum absolute atomic E-state index is 0.142. The van der Waals surface area contributed by atoms with Crippen molar-refractivity contribution in [3.8, 4) is 0 Å². The molecule has 2 aromatic heterocycles. The van der Waals surface area contributed by atoms with Crippen LogP contribution in [0.5, 0.6) is 0 Å². The lowest BCUT2D eigenvalue weighted by Crippen LogP contribution is -2.33. The number of nitrogen functional groups attached to an aromatic ring is 1. The van der Waals surface area contributed by atoms with Crippen LogP contribution in [-0.4, -0.2) is 64.4 Å². The number of hydrogen-bond acceptors (Lipinski definition) is 9. The van der Waals surface area contributed by atoms with Crippen LogP contribution in [0.4, 0.5) is 5.82 Å². The second kappa shape index (κ2) is 5.76. The van der Waals surface area contributed by atoms with Crippen LogP contribution in [0, 0.1) is 0 Å². The van der Waals surface area contributed by atoms with Crippen molar-refractivity contribution in [3.05, 3.63) is 12.7 Å². The first kappa shape index (κ1) is 16.2. The van der Waals surface area contributed by atoms with E-state index in [4.69, 9.17) is 20.3 Å². The van der Waals surface area contributed by atoms with E-state index in [1.54, 1.807) is 0 Å². The van der Waals surface area contributed by atoms with Crippen LogP contribution in [0.2, 0.25) is 0 Å². The van der Waals surface area contributed by atoms with Crippen LogP contribution in [0.1, 0.15) is 6.23 Å². The normalized spacial score (nSPS) is 28.5. The van der Waals surface area contributed by atoms with Crippen molar-refractivity contribution in [2.24, 2.45) is 0 Å². The number of hydrogen-bond donors (Lipinski definition) is 5. The molecule has 0 amide bonds. The zero-order valence-electron chi connectivity index (χ0n) is 11.5. The molecule has 13 heteroatoms. The van der Waals surface area contributed by atoms with Crippen LogP contribution < -0.4 is 5.73 Å². The minimum Gasteiger partial charge on any atom is -0.387 e. The Morgan fingerprint density at radius 2 is 2.04 bits per heavy atom. The highest BCUT2D eigenvalue weighted by Crippen LogP contribution is 2.38. The van der Waals surface area contributed by atoms with Gasteiger partial charge >= 0.3 is 7.82 Å². The molecule has 0 radical (unpaired) electrons. The Hall–Kier alpha value is -1.66. The molecule has 1 aliphatic rings. The zero-order chi connectivity index (χ0) is 16.8. The Morgan fingerprint density at radius 3 is 2.74 bits per heavy atom. The Bertz CT molecular complexity index is 763. The third-order valence-electron chi connectivity index (χ3n) is 3.41. The van der Waals surface area contributed by atoms with E-state index < -0.39 is 39.0 Å². The molecule has 4 atom stereocenters. The monoisotopic (exact) mass is 347 g/mol. The van der Waals surface area contributed by atoms with Crippen molar-refractivity contribution >= 4 is 24.8 Å². The highest BCUT2D eigenvalue weighted by molar-refractivity contribution is 7.46. The summed E-state index contributed by atoms with van der Waals surface area (Å²) in [5.41, 5.74) is 6.25. The smallest absolute Gasteiger partial charge is 0.387 e. The van der Waals surface area contributed by atoms with E-state index in [9.17, 15) is 14.8 Å². The molecule has 1 fully saturated rings. The molecular weight excluding hydrogens is 333 g/mol. The van der Waals surface area contributed by atoms with Gasteiger partial charge in [0.1, 0.15) is 30.2 Å². The number of nitrogens with zero attached hydrogens (tertiary/aromatic N) is 4. The Kier molecular flexibility index (Phi) is 4.06. The molecule has 126 valence electrons. The Balaban J connectivity index is 1.85. The summed E-state index contributed by atoms with van der Waals surface area (Å²) in [6.45, 7) is -0.594. The third kappa shape index (κ3) is 3.05. The first-order chi connectivity index (χ1) is 10.8. The highest BCUT2D eigenvalue weighted by Gasteiger charge is 2.45. The van der Waals surface area contributed by atoms with E-state index >= 15 is 0 Å². The average Bonchev–Trinajstić information content (AvgIpc) is 3.01. The lowest BCUT2D eigenvalue weighted by molar-refractivity contribution is -0.0504. The average molecular weight is 347 g/mol. The molecule has 1 aliphatic heterocycles. The topological polar surface area (TPSA) is 186 Å². The maximum atomic E-state index is 10.7. The summed E-state index contributed by atoms with van der Waals surface area (Å²) < 4.78 is 21.8. The molecule has 12 nitrogen and oxygen atoms in total. The summed E-state index contributed by atoms with van der Waals surface area (Å²) in [5.74, 6) is 0.142. The van der Waals surface area contributed by atoms with Crippen molar-refractivity contribution in [2.75, 3.05) is 12.3 Å². The molecule has 0 bridgehead atoms. The summed E-state index contributed by atoms with van der Waals surface area (Å²) in [6.07, 6.45) is -2.49. The molecule has 23 heavy (non-hydrogen) atoms. The van der Waals surface area contributed by atoms with E-state index in [1.165, 1.54) is 17.2 Å². The van der Waals surface area contributed by atoms with Crippen molar-refractivity contribution < 1.29 is 33.8 Å². The first-order valence-electron chi connectivity index (χ1n) is 6.42. The highest BCUT2D eigenvalue weighted by atomic mass is 31.2. The Morgan fingerprint density at radius 1 is 1.30 bits per heavy atom. The number of aliphatic hydroxyl groups is 2. The van der Waals surface area contributed by atoms with Crippen molar-refractivity contribution in [1.82, 2.24) is 19.5 Å². The number of anilines is 1. The van der Waals surface area contributed by atoms with Gasteiger partial charge in [0.2, 0.25) is 0 Å². The zero-order valence-corrected chi connectivity index (χ0v) is 12.4. The van der Waals surface area contributed by atoms with Crippen molar-refractivity contribution in [1.29, 1.82) is 0 Å². The van der Waals surface area contributed by atoms with E-state index in [0.29, 0.717) is 5.52 Å². The van der Waals surface area contributed by atoms with Gasteiger partial charge in [0.15, 0.2) is 17.7 Å². The van der Waals surface area contributed by atoms with Gasteiger partial charge in [-0.3, -0.25) is 9.09 Å². The van der Waals surface area contributed by atoms with E-state index in [1.807, 2.05) is 0 Å². The van der Waals surface area contributed by atoms with Crippen LogP contribution >= 0.6 is 7.82 Å². The number of aromatic nitrogens is 4. The maximum Gasteiger partial charge on any atom is 0.469 e. The predicted octanol–water partition coefficient (Wildman–Crippen LogP) is -1.86. The number of phosphoric acid groups is 1. The van der Waals surface area contributed by atoms with Gasteiger partial charge in [-0.25, -0.2) is 19.5 Å². The van der Waals surface area contributed by atoms with Gasteiger partial charge in [-0.2, -0.15) is 0 Å². The molecule has 1 unspecified atom stereocenters. The predicted molar refractivity (Wildman–Crippen MR) is 73.7 cm³/mol. The van der Waals surface area contributed by atoms with E-state index in [0.717, 1.165) is 0 Å². The van der Waals surface area contributed by atoms with Gasteiger partial charge in [0, 0.05) is 0 Å². The molecule has 0 saturated carbocycles. The maximum absolute atomic E-state index is 10.7. The van der Waals surface area contributed by atoms with Crippen LogP contribution in [0.3, 0.4) is 0 Å². The number of fused-ring (bicyclic) bond motifs is 1. The van der Waals surface area contributed by atoms with Gasteiger partial charge < -0.3 is 30.5 Å². The molecule has 3 heterocycles. The standard InChI is InChI=1S/C10H14N5O7P/c11-8-5-9(13-2-12-8)15(3-14-5)10-7(17)6(16)4(22-10)1-21-23(18,19)20/h2-4,6-7,10,16-17H,1H2,(H2,11,12,13)(H2,18,19,20)/t4-,6+,7?,10-/m1/s1. The minimum atomic E-state index is -4.72. The van der Waals surface area contributed by atoms with Crippen LogP contribution in [0.15, 0.2) is 12.7 Å². The number of ether oxygens (including phenoxy) is 1. The number of phosphoric ester groups is 1. The fraction of sp³-hybridized carbons (Fsp3) is 0.500. The fourth-order valence-electron chi connectivity index (χ4n) is 2.32. The van der Waals surface area contributed by atoms with Gasteiger partial charge in [-0.05, 0) is 0 Å². The number of imidazole rings is 1. The van der Waals surface area contributed by atoms with Gasteiger partial charge in [-0.1, -0.05) is 0 Å². The summed E-state index contributed by atoms with van der Waals surface area (Å²) >= 11 is 0. The third-order valence-corrected chi connectivity index (χ3v) is 3.89. The second-order valence-corrected chi connectivity index (χ2v) is 6.15. The van der Waals surface area contributed by atoms with Crippen LogP contribution in [0.25, 0.3) is 11.2 Å². The molecule has 0 spiro atoms. The molecule has 3 rings (SSSR count). The lowest BCUT2D eigenvalue weighted by Gasteiger charge is -2.16. The van der Waals surface area contributed by atoms with Gasteiger partial charge in [0.05, 0.1) is 12.9 Å².